The summed E-state index contributed by atoms with van der Waals surface area (Å²) in [5.41, 5.74) is -1.79. The highest BCUT2D eigenvalue weighted by Crippen LogP contribution is 2.14. The Hall–Kier alpha value is -2.46. The average molecular weight is 360 g/mol. The van der Waals surface area contributed by atoms with Crippen LogP contribution >= 0.6 is 0 Å². The van der Waals surface area contributed by atoms with E-state index in [0.29, 0.717) is 0 Å². The molecule has 0 radical (unpaired) electrons. The summed E-state index contributed by atoms with van der Waals surface area (Å²) in [6.07, 6.45) is -2.41. The molecule has 0 aliphatic carbocycles. The average Bonchev–Trinajstić information content (AvgIpc) is 2.88. The molecule has 1 aromatic heterocycles. The van der Waals surface area contributed by atoms with Crippen molar-refractivity contribution in [2.45, 2.75) is 45.8 Å². The molecule has 0 amide bonds. The lowest BCUT2D eigenvalue weighted by Gasteiger charge is -2.25. The summed E-state index contributed by atoms with van der Waals surface area (Å²) < 4.78 is 4.99. The van der Waals surface area contributed by atoms with Crippen molar-refractivity contribution in [3.05, 3.63) is 17.5 Å². The highest BCUT2D eigenvalue weighted by Gasteiger charge is 2.34. The molecule has 0 saturated heterocycles. The molecule has 0 atom stereocenters. The molecule has 1 heterocycles. The van der Waals surface area contributed by atoms with Gasteiger partial charge in [0.05, 0.1) is 31.9 Å². The number of hydrogen-bond acceptors (Lipinski definition) is 7. The summed E-state index contributed by atoms with van der Waals surface area (Å²) in [7, 11) is 0. The lowest BCUT2D eigenvalue weighted by atomic mass is 9.96. The Kier molecular flexibility index (Phi) is 9.39. The van der Waals surface area contributed by atoms with E-state index >= 15 is 0 Å². The van der Waals surface area contributed by atoms with Crippen LogP contribution in [0.1, 0.15) is 38.1 Å². The van der Waals surface area contributed by atoms with E-state index in [1.54, 1.807) is 0 Å². The van der Waals surface area contributed by atoms with Crippen LogP contribution in [0.15, 0.2) is 10.6 Å². The molecule has 0 aliphatic rings. The number of hydrogen-bond donors (Lipinski definition) is 4. The largest absolute Gasteiger partial charge is 0.547 e. The molecular formula is C15H24N2O8. The van der Waals surface area contributed by atoms with E-state index in [-0.39, 0.29) is 0 Å². The van der Waals surface area contributed by atoms with Gasteiger partial charge in [-0.15, -0.1) is 0 Å². The van der Waals surface area contributed by atoms with Crippen LogP contribution in [0.5, 0.6) is 0 Å². The molecule has 0 bridgehead atoms. The number of carbonyl (C=O) groups excluding carboxylic acids is 1. The third kappa shape index (κ3) is 8.82. The molecular weight excluding hydrogens is 336 g/mol. The van der Waals surface area contributed by atoms with Gasteiger partial charge in [-0.05, 0) is 20.8 Å². The predicted molar refractivity (Wildman–Crippen MR) is 81.5 cm³/mol. The monoisotopic (exact) mass is 360 g/mol. The molecule has 1 rings (SSSR count). The summed E-state index contributed by atoms with van der Waals surface area (Å²) >= 11 is 0. The standard InChI is InChI=1S/C9H16N2O.C6H8O7/c1-4-11(5-2)7-9-6-8(3)12-10-9;7-3(8)1-6(13,5(11)12)2-4(9)10/h6H,4-5,7H2,1-3H3;13H,1-2H2,(H,7,8)(H,9,10)(H,11,12). The summed E-state index contributed by atoms with van der Waals surface area (Å²) in [5.74, 6) is -4.45. The SMILES string of the molecule is CC[NH+](CC)Cc1cc(C)on1.O=C(O)CC(O)(CC(=O)O)C(=O)[O-]. The van der Waals surface area contributed by atoms with Gasteiger partial charge in [0.1, 0.15) is 23.6 Å². The van der Waals surface area contributed by atoms with Gasteiger partial charge in [0.25, 0.3) is 0 Å². The van der Waals surface area contributed by atoms with Crippen molar-refractivity contribution in [3.63, 3.8) is 0 Å². The number of carboxylic acids is 3. The summed E-state index contributed by atoms with van der Waals surface area (Å²) in [4.78, 5) is 31.8. The van der Waals surface area contributed by atoms with Gasteiger partial charge >= 0.3 is 11.9 Å². The van der Waals surface area contributed by atoms with Crippen molar-refractivity contribution < 1.29 is 44.2 Å². The fraction of sp³-hybridized carbons (Fsp3) is 0.600. The molecule has 0 aliphatic heterocycles. The van der Waals surface area contributed by atoms with E-state index in [0.717, 1.165) is 31.1 Å². The van der Waals surface area contributed by atoms with Gasteiger partial charge in [0, 0.05) is 6.07 Å². The Morgan fingerprint density at radius 2 is 1.68 bits per heavy atom. The summed E-state index contributed by atoms with van der Waals surface area (Å²) in [6.45, 7) is 9.56. The number of aryl methyl sites for hydroxylation is 1. The molecule has 0 fully saturated rings. The lowest BCUT2D eigenvalue weighted by molar-refractivity contribution is -0.910. The van der Waals surface area contributed by atoms with Gasteiger partial charge in [-0.2, -0.15) is 0 Å². The summed E-state index contributed by atoms with van der Waals surface area (Å²) in [5, 5.41) is 39.5. The lowest BCUT2D eigenvalue weighted by Crippen LogP contribution is -3.10. The molecule has 25 heavy (non-hydrogen) atoms. The van der Waals surface area contributed by atoms with Crippen molar-refractivity contribution in [2.24, 2.45) is 0 Å². The zero-order valence-corrected chi connectivity index (χ0v) is 14.4. The van der Waals surface area contributed by atoms with Gasteiger partial charge in [-0.25, -0.2) is 0 Å². The molecule has 142 valence electrons. The molecule has 1 aromatic rings. The van der Waals surface area contributed by atoms with Crippen LogP contribution in [0, 0.1) is 6.92 Å². The van der Waals surface area contributed by atoms with E-state index in [4.69, 9.17) is 19.8 Å². The fourth-order valence-corrected chi connectivity index (χ4v) is 1.96. The highest BCUT2D eigenvalue weighted by atomic mass is 16.5. The number of carbonyl (C=O) groups is 3. The van der Waals surface area contributed by atoms with Crippen LogP contribution in [0.2, 0.25) is 0 Å². The second-order valence-electron chi connectivity index (χ2n) is 5.52. The van der Waals surface area contributed by atoms with Crippen LogP contribution in [-0.2, 0) is 20.9 Å². The Bertz CT molecular complexity index is 564. The first-order valence-electron chi connectivity index (χ1n) is 7.67. The van der Waals surface area contributed by atoms with Gasteiger partial charge in [0.15, 0.2) is 0 Å². The first-order chi connectivity index (χ1) is 11.5. The van der Waals surface area contributed by atoms with Crippen molar-refractivity contribution in [1.82, 2.24) is 5.16 Å². The Morgan fingerprint density at radius 1 is 1.20 bits per heavy atom. The summed E-state index contributed by atoms with van der Waals surface area (Å²) in [6, 6.07) is 2.01. The number of aliphatic carboxylic acids is 3. The van der Waals surface area contributed by atoms with E-state index in [1.165, 1.54) is 4.90 Å². The van der Waals surface area contributed by atoms with Gasteiger partial charge in [-0.1, -0.05) is 5.16 Å². The van der Waals surface area contributed by atoms with Crippen LogP contribution in [0.4, 0.5) is 0 Å². The second kappa shape index (κ2) is 10.4. The Balaban J connectivity index is 0.000000462. The van der Waals surface area contributed by atoms with E-state index < -0.39 is 36.4 Å². The molecule has 0 saturated carbocycles. The van der Waals surface area contributed by atoms with E-state index in [1.807, 2.05) is 13.0 Å². The molecule has 0 spiro atoms. The maximum Gasteiger partial charge on any atom is 0.306 e. The first-order valence-corrected chi connectivity index (χ1v) is 7.67. The molecule has 10 nitrogen and oxygen atoms in total. The highest BCUT2D eigenvalue weighted by molar-refractivity contribution is 5.86. The molecule has 4 N–H and O–H groups in total. The number of nitrogens with zero attached hydrogens (tertiary/aromatic N) is 1. The first kappa shape index (κ1) is 22.5. The smallest absolute Gasteiger partial charge is 0.306 e. The number of aliphatic hydroxyl groups is 1. The molecule has 0 unspecified atom stereocenters. The number of rotatable bonds is 9. The Morgan fingerprint density at radius 3 is 1.96 bits per heavy atom. The zero-order chi connectivity index (χ0) is 19.6. The van der Waals surface area contributed by atoms with Gasteiger partial charge < -0.3 is 34.6 Å². The molecule has 10 heteroatoms. The van der Waals surface area contributed by atoms with Crippen molar-refractivity contribution in [3.8, 4) is 0 Å². The third-order valence-corrected chi connectivity index (χ3v) is 3.38. The minimum atomic E-state index is -2.85. The van der Waals surface area contributed by atoms with Gasteiger partial charge in [-0.3, -0.25) is 9.59 Å². The molecule has 0 aromatic carbocycles. The van der Waals surface area contributed by atoms with E-state index in [2.05, 4.69) is 19.0 Å². The van der Waals surface area contributed by atoms with Crippen LogP contribution in [-0.4, -0.2) is 57.1 Å². The third-order valence-electron chi connectivity index (χ3n) is 3.38. The fourth-order valence-electron chi connectivity index (χ4n) is 1.96. The quantitative estimate of drug-likeness (QED) is 0.383. The van der Waals surface area contributed by atoms with Crippen LogP contribution in [0.25, 0.3) is 0 Å². The topological polar surface area (TPSA) is 165 Å². The second-order valence-corrected chi connectivity index (χ2v) is 5.52. The van der Waals surface area contributed by atoms with Crippen molar-refractivity contribution in [1.29, 1.82) is 0 Å². The minimum Gasteiger partial charge on any atom is -0.547 e. The number of carboxylic acid groups (broad SMARTS) is 3. The maximum absolute atomic E-state index is 10.2. The number of quaternary nitrogens is 1. The number of nitrogens with one attached hydrogen (secondary N) is 1. The van der Waals surface area contributed by atoms with Crippen LogP contribution in [0.3, 0.4) is 0 Å². The Labute approximate surface area is 144 Å². The maximum atomic E-state index is 10.2. The normalized spacial score (nSPS) is 10.9. The van der Waals surface area contributed by atoms with Gasteiger partial charge in [0.2, 0.25) is 0 Å². The zero-order valence-electron chi connectivity index (χ0n) is 14.4. The van der Waals surface area contributed by atoms with Crippen molar-refractivity contribution >= 4 is 17.9 Å². The predicted octanol–water partition coefficient (Wildman–Crippen LogP) is -2.18. The van der Waals surface area contributed by atoms with Crippen molar-refractivity contribution in [2.75, 3.05) is 13.1 Å². The minimum absolute atomic E-state index is 0.900. The van der Waals surface area contributed by atoms with Crippen LogP contribution < -0.4 is 10.0 Å². The van der Waals surface area contributed by atoms with E-state index in [9.17, 15) is 19.5 Å². The number of aromatic nitrogens is 1.